The summed E-state index contributed by atoms with van der Waals surface area (Å²) >= 11 is 0. The Kier molecular flexibility index (Phi) is 3.79. The number of nitrogens with two attached hydrogens (primary N) is 1. The van der Waals surface area contributed by atoms with Crippen LogP contribution in [-0.4, -0.2) is 12.0 Å². The SMILES string of the molecule is CC(N)c1ccc(N(C)c2ccccc2C#N)nc1. The molecule has 2 aromatic rings. The number of hydrogen-bond acceptors (Lipinski definition) is 4. The van der Waals surface area contributed by atoms with E-state index in [1.54, 1.807) is 12.3 Å². The molecule has 0 bridgehead atoms. The third kappa shape index (κ3) is 2.72. The van der Waals surface area contributed by atoms with E-state index in [0.29, 0.717) is 5.56 Å². The lowest BCUT2D eigenvalue weighted by atomic mass is 10.1. The third-order valence-electron chi connectivity index (χ3n) is 3.03. The lowest BCUT2D eigenvalue weighted by Gasteiger charge is -2.19. The second kappa shape index (κ2) is 5.51. The first kappa shape index (κ1) is 13.1. The molecular formula is C15H16N4. The second-order valence-electron chi connectivity index (χ2n) is 4.43. The highest BCUT2D eigenvalue weighted by Gasteiger charge is 2.10. The summed E-state index contributed by atoms with van der Waals surface area (Å²) in [6.45, 7) is 1.92. The van der Waals surface area contributed by atoms with E-state index in [2.05, 4.69) is 11.1 Å². The van der Waals surface area contributed by atoms with Crippen LogP contribution < -0.4 is 10.6 Å². The number of para-hydroxylation sites is 1. The van der Waals surface area contributed by atoms with Crippen LogP contribution in [0.15, 0.2) is 42.6 Å². The van der Waals surface area contributed by atoms with E-state index < -0.39 is 0 Å². The summed E-state index contributed by atoms with van der Waals surface area (Å²) in [5, 5.41) is 9.12. The molecule has 0 aliphatic carbocycles. The Labute approximate surface area is 113 Å². The van der Waals surface area contributed by atoms with Crippen LogP contribution in [-0.2, 0) is 0 Å². The second-order valence-corrected chi connectivity index (χ2v) is 4.43. The van der Waals surface area contributed by atoms with Crippen LogP contribution in [0.1, 0.15) is 24.1 Å². The topological polar surface area (TPSA) is 65.9 Å². The Morgan fingerprint density at radius 2 is 2.00 bits per heavy atom. The van der Waals surface area contributed by atoms with Crippen molar-refractivity contribution in [3.63, 3.8) is 0 Å². The fraction of sp³-hybridized carbons (Fsp3) is 0.200. The summed E-state index contributed by atoms with van der Waals surface area (Å²) in [7, 11) is 1.89. The number of benzene rings is 1. The summed E-state index contributed by atoms with van der Waals surface area (Å²) in [5.41, 5.74) is 8.26. The van der Waals surface area contributed by atoms with Gasteiger partial charge in [-0.1, -0.05) is 18.2 Å². The van der Waals surface area contributed by atoms with E-state index in [-0.39, 0.29) is 6.04 Å². The maximum Gasteiger partial charge on any atom is 0.132 e. The lowest BCUT2D eigenvalue weighted by molar-refractivity contribution is 0.811. The molecule has 1 unspecified atom stereocenters. The van der Waals surface area contributed by atoms with Gasteiger partial charge in [0, 0.05) is 19.3 Å². The van der Waals surface area contributed by atoms with Gasteiger partial charge >= 0.3 is 0 Å². The first-order chi connectivity index (χ1) is 9.13. The molecule has 1 atom stereocenters. The average Bonchev–Trinajstić information content (AvgIpc) is 2.46. The molecule has 0 aliphatic heterocycles. The molecule has 19 heavy (non-hydrogen) atoms. The molecule has 0 aliphatic rings. The predicted molar refractivity (Wildman–Crippen MR) is 76.1 cm³/mol. The average molecular weight is 252 g/mol. The smallest absolute Gasteiger partial charge is 0.132 e. The van der Waals surface area contributed by atoms with Crippen LogP contribution in [0.3, 0.4) is 0 Å². The molecule has 2 rings (SSSR count). The highest BCUT2D eigenvalue weighted by Crippen LogP contribution is 2.25. The zero-order valence-electron chi connectivity index (χ0n) is 11.0. The molecule has 0 amide bonds. The van der Waals surface area contributed by atoms with Crippen LogP contribution in [0, 0.1) is 11.3 Å². The van der Waals surface area contributed by atoms with Crippen molar-refractivity contribution < 1.29 is 0 Å². The van der Waals surface area contributed by atoms with Gasteiger partial charge in [0.2, 0.25) is 0 Å². The Bertz CT molecular complexity index is 596. The Morgan fingerprint density at radius 1 is 1.26 bits per heavy atom. The predicted octanol–water partition coefficient (Wildman–Crippen LogP) is 2.74. The van der Waals surface area contributed by atoms with Crippen molar-refractivity contribution in [2.24, 2.45) is 5.73 Å². The van der Waals surface area contributed by atoms with Crippen LogP contribution in [0.5, 0.6) is 0 Å². The molecule has 2 N–H and O–H groups in total. The van der Waals surface area contributed by atoms with Crippen molar-refractivity contribution >= 4 is 11.5 Å². The Morgan fingerprint density at radius 3 is 2.58 bits per heavy atom. The molecule has 0 radical (unpaired) electrons. The first-order valence-electron chi connectivity index (χ1n) is 6.08. The van der Waals surface area contributed by atoms with E-state index in [1.165, 1.54) is 0 Å². The van der Waals surface area contributed by atoms with Gasteiger partial charge < -0.3 is 10.6 Å². The molecule has 0 saturated carbocycles. The van der Waals surface area contributed by atoms with Gasteiger partial charge in [-0.15, -0.1) is 0 Å². The van der Waals surface area contributed by atoms with Crippen LogP contribution in [0.2, 0.25) is 0 Å². The fourth-order valence-electron chi connectivity index (χ4n) is 1.85. The molecule has 1 aromatic carbocycles. The fourth-order valence-corrected chi connectivity index (χ4v) is 1.85. The van der Waals surface area contributed by atoms with E-state index in [4.69, 9.17) is 11.0 Å². The minimum atomic E-state index is -0.0294. The maximum absolute atomic E-state index is 9.12. The number of anilines is 2. The van der Waals surface area contributed by atoms with Gasteiger partial charge in [-0.05, 0) is 30.7 Å². The molecular weight excluding hydrogens is 236 g/mol. The van der Waals surface area contributed by atoms with Gasteiger partial charge in [0.25, 0.3) is 0 Å². The maximum atomic E-state index is 9.12. The Hall–Kier alpha value is -2.38. The highest BCUT2D eigenvalue weighted by molar-refractivity contribution is 5.66. The standard InChI is InChI=1S/C15H16N4/c1-11(17)13-7-8-15(18-10-13)19(2)14-6-4-3-5-12(14)9-16/h3-8,10-11H,17H2,1-2H3. The summed E-state index contributed by atoms with van der Waals surface area (Å²) in [6, 6.07) is 13.5. The molecule has 0 fully saturated rings. The summed E-state index contributed by atoms with van der Waals surface area (Å²) < 4.78 is 0. The van der Waals surface area contributed by atoms with Crippen LogP contribution in [0.4, 0.5) is 11.5 Å². The quantitative estimate of drug-likeness (QED) is 0.912. The molecule has 4 nitrogen and oxygen atoms in total. The number of pyridine rings is 1. The van der Waals surface area contributed by atoms with Gasteiger partial charge in [0.05, 0.1) is 11.3 Å². The summed E-state index contributed by atoms with van der Waals surface area (Å²) in [4.78, 5) is 6.28. The van der Waals surface area contributed by atoms with E-state index in [1.807, 2.05) is 49.2 Å². The number of hydrogen-bond donors (Lipinski definition) is 1. The van der Waals surface area contributed by atoms with Crippen molar-refractivity contribution in [1.29, 1.82) is 5.26 Å². The summed E-state index contributed by atoms with van der Waals surface area (Å²) in [5.74, 6) is 0.784. The zero-order chi connectivity index (χ0) is 13.8. The molecule has 1 heterocycles. The number of nitriles is 1. The number of nitrogens with zero attached hydrogens (tertiary/aromatic N) is 3. The van der Waals surface area contributed by atoms with Gasteiger partial charge in [-0.25, -0.2) is 4.98 Å². The van der Waals surface area contributed by atoms with E-state index >= 15 is 0 Å². The molecule has 0 spiro atoms. The van der Waals surface area contributed by atoms with Crippen molar-refractivity contribution in [2.45, 2.75) is 13.0 Å². The van der Waals surface area contributed by atoms with Crippen LogP contribution in [0.25, 0.3) is 0 Å². The van der Waals surface area contributed by atoms with Crippen molar-refractivity contribution in [2.75, 3.05) is 11.9 Å². The van der Waals surface area contributed by atoms with E-state index in [0.717, 1.165) is 17.1 Å². The lowest BCUT2D eigenvalue weighted by Crippen LogP contribution is -2.13. The minimum Gasteiger partial charge on any atom is -0.328 e. The minimum absolute atomic E-state index is 0.0294. The number of rotatable bonds is 3. The van der Waals surface area contributed by atoms with Gasteiger partial charge in [0.1, 0.15) is 11.9 Å². The van der Waals surface area contributed by atoms with Gasteiger partial charge in [0.15, 0.2) is 0 Å². The molecule has 0 saturated heterocycles. The molecule has 96 valence electrons. The summed E-state index contributed by atoms with van der Waals surface area (Å²) in [6.07, 6.45) is 1.77. The van der Waals surface area contributed by atoms with Gasteiger partial charge in [-0.2, -0.15) is 5.26 Å². The van der Waals surface area contributed by atoms with E-state index in [9.17, 15) is 0 Å². The monoisotopic (exact) mass is 252 g/mol. The molecule has 1 aromatic heterocycles. The Balaban J connectivity index is 2.34. The first-order valence-corrected chi connectivity index (χ1v) is 6.08. The number of aromatic nitrogens is 1. The normalized spacial score (nSPS) is 11.7. The van der Waals surface area contributed by atoms with Crippen molar-refractivity contribution in [3.8, 4) is 6.07 Å². The van der Waals surface area contributed by atoms with Crippen molar-refractivity contribution in [1.82, 2.24) is 4.98 Å². The molecule has 4 heteroatoms. The zero-order valence-corrected chi connectivity index (χ0v) is 11.0. The van der Waals surface area contributed by atoms with Gasteiger partial charge in [-0.3, -0.25) is 0 Å². The van der Waals surface area contributed by atoms with Crippen LogP contribution >= 0.6 is 0 Å². The third-order valence-corrected chi connectivity index (χ3v) is 3.03. The largest absolute Gasteiger partial charge is 0.328 e. The highest BCUT2D eigenvalue weighted by atomic mass is 15.2. The van der Waals surface area contributed by atoms with Crippen molar-refractivity contribution in [3.05, 3.63) is 53.7 Å².